The molecule has 1 aliphatic rings. The van der Waals surface area contributed by atoms with Crippen molar-refractivity contribution in [3.05, 3.63) is 45.7 Å². The summed E-state index contributed by atoms with van der Waals surface area (Å²) >= 11 is 0. The number of amides is 1. The van der Waals surface area contributed by atoms with E-state index in [0.29, 0.717) is 18.4 Å². The van der Waals surface area contributed by atoms with E-state index >= 15 is 0 Å². The van der Waals surface area contributed by atoms with E-state index in [2.05, 4.69) is 10.3 Å². The zero-order valence-electron chi connectivity index (χ0n) is 13.5. The molecule has 0 saturated carbocycles. The monoisotopic (exact) mass is 348 g/mol. The fraction of sp³-hybridized carbons (Fsp3) is 0.412. The van der Waals surface area contributed by atoms with E-state index in [9.17, 15) is 18.0 Å². The predicted molar refractivity (Wildman–Crippen MR) is 92.8 cm³/mol. The van der Waals surface area contributed by atoms with Crippen LogP contribution in [0, 0.1) is 6.92 Å². The molecule has 128 valence electrons. The fourth-order valence-electron chi connectivity index (χ4n) is 3.07. The van der Waals surface area contributed by atoms with E-state index in [1.807, 2.05) is 31.2 Å². The van der Waals surface area contributed by atoms with Crippen LogP contribution in [0.4, 0.5) is 0 Å². The number of sulfone groups is 1. The largest absolute Gasteiger partial charge is 0.352 e. The van der Waals surface area contributed by atoms with Crippen LogP contribution in [0.25, 0.3) is 10.9 Å². The normalized spacial score (nSPS) is 19.5. The first kappa shape index (κ1) is 16.7. The molecule has 1 fully saturated rings. The van der Waals surface area contributed by atoms with Gasteiger partial charge in [-0.1, -0.05) is 18.2 Å². The number of para-hydroxylation sites is 1. The Kier molecular flexibility index (Phi) is 4.45. The average molecular weight is 348 g/mol. The minimum atomic E-state index is -3.01. The smallest absolute Gasteiger partial charge is 0.251 e. The van der Waals surface area contributed by atoms with Gasteiger partial charge < -0.3 is 10.3 Å². The molecule has 2 N–H and O–H groups in total. The Labute approximate surface area is 140 Å². The molecule has 1 saturated heterocycles. The SMILES string of the molecule is Cc1cccc2cc(CCC(=O)NC3CCS(=O)(=O)C3)c(=O)[nH]c12. The first-order chi connectivity index (χ1) is 11.3. The second-order valence-corrected chi connectivity index (χ2v) is 8.56. The molecule has 1 atom stereocenters. The number of hydrogen-bond acceptors (Lipinski definition) is 4. The van der Waals surface area contributed by atoms with Crippen LogP contribution in [-0.4, -0.2) is 36.9 Å². The topological polar surface area (TPSA) is 96.1 Å². The molecule has 3 rings (SSSR count). The molecule has 2 aromatic rings. The van der Waals surface area contributed by atoms with Gasteiger partial charge in [0.05, 0.1) is 17.0 Å². The standard InChI is InChI=1S/C17H20N2O4S/c1-11-3-2-4-12-9-13(17(21)19-16(11)12)5-6-15(20)18-14-7-8-24(22,23)10-14/h2-4,9,14H,5-8,10H2,1H3,(H,18,20)(H,19,21). The molecular weight excluding hydrogens is 328 g/mol. The van der Waals surface area contributed by atoms with E-state index in [4.69, 9.17) is 0 Å². The third kappa shape index (κ3) is 3.67. The number of aryl methyl sites for hydroxylation is 2. The van der Waals surface area contributed by atoms with Crippen LogP contribution in [0.5, 0.6) is 0 Å². The van der Waals surface area contributed by atoms with Crippen molar-refractivity contribution in [1.29, 1.82) is 0 Å². The van der Waals surface area contributed by atoms with Gasteiger partial charge in [0.2, 0.25) is 5.91 Å². The molecule has 24 heavy (non-hydrogen) atoms. The zero-order valence-corrected chi connectivity index (χ0v) is 14.3. The number of nitrogens with one attached hydrogen (secondary N) is 2. The molecule has 6 nitrogen and oxygen atoms in total. The lowest BCUT2D eigenvalue weighted by atomic mass is 10.1. The summed E-state index contributed by atoms with van der Waals surface area (Å²) in [6.07, 6.45) is 0.950. The molecule has 1 unspecified atom stereocenters. The summed E-state index contributed by atoms with van der Waals surface area (Å²) in [4.78, 5) is 27.0. The van der Waals surface area contributed by atoms with Gasteiger partial charge in [0.15, 0.2) is 9.84 Å². The van der Waals surface area contributed by atoms with E-state index in [1.165, 1.54) is 0 Å². The Balaban J connectivity index is 1.66. The number of carbonyl (C=O) groups excluding carboxylic acids is 1. The highest BCUT2D eigenvalue weighted by atomic mass is 32.2. The summed E-state index contributed by atoms with van der Waals surface area (Å²) in [7, 11) is -3.01. The van der Waals surface area contributed by atoms with Gasteiger partial charge in [0.25, 0.3) is 5.56 Å². The number of fused-ring (bicyclic) bond motifs is 1. The Hall–Kier alpha value is -2.15. The van der Waals surface area contributed by atoms with Gasteiger partial charge >= 0.3 is 0 Å². The van der Waals surface area contributed by atoms with Crippen molar-refractivity contribution in [3.63, 3.8) is 0 Å². The minimum absolute atomic E-state index is 0.00851. The second kappa shape index (κ2) is 6.39. The number of carbonyl (C=O) groups is 1. The van der Waals surface area contributed by atoms with Crippen LogP contribution in [0.15, 0.2) is 29.1 Å². The lowest BCUT2D eigenvalue weighted by molar-refractivity contribution is -0.121. The van der Waals surface area contributed by atoms with Crippen molar-refractivity contribution < 1.29 is 13.2 Å². The molecule has 1 aliphatic heterocycles. The van der Waals surface area contributed by atoms with E-state index in [1.54, 1.807) is 0 Å². The minimum Gasteiger partial charge on any atom is -0.352 e. The molecule has 0 spiro atoms. The number of H-pyrrole nitrogens is 1. The molecule has 1 aromatic carbocycles. The quantitative estimate of drug-likeness (QED) is 0.864. The summed E-state index contributed by atoms with van der Waals surface area (Å²) in [6.45, 7) is 1.93. The van der Waals surface area contributed by atoms with Gasteiger partial charge in [0.1, 0.15) is 0 Å². The number of rotatable bonds is 4. The molecule has 7 heteroatoms. The van der Waals surface area contributed by atoms with Crippen LogP contribution in [0.1, 0.15) is 24.0 Å². The molecule has 0 aliphatic carbocycles. The van der Waals surface area contributed by atoms with E-state index < -0.39 is 9.84 Å². The number of pyridine rings is 1. The third-order valence-electron chi connectivity index (χ3n) is 4.38. The average Bonchev–Trinajstić information content (AvgIpc) is 2.85. The highest BCUT2D eigenvalue weighted by molar-refractivity contribution is 7.91. The summed E-state index contributed by atoms with van der Waals surface area (Å²) in [5.74, 6) is -0.0863. The van der Waals surface area contributed by atoms with Crippen molar-refractivity contribution >= 4 is 26.6 Å². The lowest BCUT2D eigenvalue weighted by Crippen LogP contribution is -2.35. The highest BCUT2D eigenvalue weighted by Gasteiger charge is 2.28. The maximum atomic E-state index is 12.2. The summed E-state index contributed by atoms with van der Waals surface area (Å²) in [5, 5.41) is 3.68. The Bertz CT molecular complexity index is 947. The van der Waals surface area contributed by atoms with Gasteiger partial charge in [0, 0.05) is 18.0 Å². The van der Waals surface area contributed by atoms with Crippen LogP contribution in [0.2, 0.25) is 0 Å². The van der Waals surface area contributed by atoms with Crippen LogP contribution in [0.3, 0.4) is 0 Å². The molecular formula is C17H20N2O4S. The summed E-state index contributed by atoms with van der Waals surface area (Å²) < 4.78 is 22.8. The summed E-state index contributed by atoms with van der Waals surface area (Å²) in [6, 6.07) is 7.29. The Morgan fingerprint density at radius 1 is 1.38 bits per heavy atom. The van der Waals surface area contributed by atoms with Crippen molar-refractivity contribution in [3.8, 4) is 0 Å². The zero-order chi connectivity index (χ0) is 17.3. The predicted octanol–water partition coefficient (Wildman–Crippen LogP) is 1.07. The number of benzene rings is 1. The van der Waals surface area contributed by atoms with Crippen molar-refractivity contribution in [1.82, 2.24) is 10.3 Å². The number of aromatic amines is 1. The van der Waals surface area contributed by atoms with Crippen molar-refractivity contribution in [2.75, 3.05) is 11.5 Å². The molecule has 0 bridgehead atoms. The lowest BCUT2D eigenvalue weighted by Gasteiger charge is -2.11. The summed E-state index contributed by atoms with van der Waals surface area (Å²) in [5.41, 5.74) is 2.18. The van der Waals surface area contributed by atoms with Gasteiger partial charge in [-0.2, -0.15) is 0 Å². The van der Waals surface area contributed by atoms with Gasteiger partial charge in [-0.25, -0.2) is 8.42 Å². The number of aromatic nitrogens is 1. The van der Waals surface area contributed by atoms with Gasteiger partial charge in [-0.3, -0.25) is 9.59 Å². The first-order valence-electron chi connectivity index (χ1n) is 7.95. The fourth-order valence-corrected chi connectivity index (χ4v) is 4.74. The number of hydrogen-bond donors (Lipinski definition) is 2. The van der Waals surface area contributed by atoms with Crippen LogP contribution in [-0.2, 0) is 21.1 Å². The molecule has 0 radical (unpaired) electrons. The molecule has 2 heterocycles. The maximum absolute atomic E-state index is 12.2. The maximum Gasteiger partial charge on any atom is 0.251 e. The van der Waals surface area contributed by atoms with E-state index in [0.717, 1.165) is 16.5 Å². The second-order valence-electron chi connectivity index (χ2n) is 6.33. The van der Waals surface area contributed by atoms with Gasteiger partial charge in [-0.15, -0.1) is 0 Å². The van der Waals surface area contributed by atoms with E-state index in [-0.39, 0.29) is 35.4 Å². The van der Waals surface area contributed by atoms with Crippen molar-refractivity contribution in [2.45, 2.75) is 32.2 Å². The van der Waals surface area contributed by atoms with Gasteiger partial charge in [-0.05, 0) is 36.8 Å². The molecule has 1 aromatic heterocycles. The molecule has 1 amide bonds. The first-order valence-corrected chi connectivity index (χ1v) is 9.77. The third-order valence-corrected chi connectivity index (χ3v) is 6.15. The Morgan fingerprint density at radius 2 is 2.17 bits per heavy atom. The highest BCUT2D eigenvalue weighted by Crippen LogP contribution is 2.16. The van der Waals surface area contributed by atoms with Crippen molar-refractivity contribution in [2.24, 2.45) is 0 Å². The van der Waals surface area contributed by atoms with Crippen LogP contribution < -0.4 is 10.9 Å². The Morgan fingerprint density at radius 3 is 2.88 bits per heavy atom. The van der Waals surface area contributed by atoms with Crippen LogP contribution >= 0.6 is 0 Å².